The molecular weight excluding hydrogens is 194 g/mol. The maximum absolute atomic E-state index is 4.20. The van der Waals surface area contributed by atoms with E-state index in [1.165, 1.54) is 0 Å². The Hall–Kier alpha value is -1.29. The molecule has 0 fully saturated rings. The number of hydrogen-bond donors (Lipinski definition) is 0. The Morgan fingerprint density at radius 2 is 2.00 bits per heavy atom. The normalized spacial score (nSPS) is 14.3. The van der Waals surface area contributed by atoms with Gasteiger partial charge in [0, 0.05) is 17.9 Å². The van der Waals surface area contributed by atoms with Crippen LogP contribution < -0.4 is 0 Å². The van der Waals surface area contributed by atoms with Gasteiger partial charge in [0.1, 0.15) is 0 Å². The number of nitrogens with zero attached hydrogens (tertiary/aromatic N) is 3. The van der Waals surface area contributed by atoms with E-state index in [9.17, 15) is 0 Å². The van der Waals surface area contributed by atoms with Gasteiger partial charge in [0.25, 0.3) is 0 Å². The van der Waals surface area contributed by atoms with Crippen LogP contribution in [0, 0.1) is 0 Å². The van der Waals surface area contributed by atoms with Crippen molar-refractivity contribution in [1.82, 2.24) is 14.8 Å². The highest BCUT2D eigenvalue weighted by Crippen LogP contribution is 2.28. The SMILES string of the molecule is c1ccc(-c2nnc3n2CCS3)cc1. The predicted molar refractivity (Wildman–Crippen MR) is 56.2 cm³/mol. The van der Waals surface area contributed by atoms with Gasteiger partial charge in [0.15, 0.2) is 11.0 Å². The molecule has 0 radical (unpaired) electrons. The summed E-state index contributed by atoms with van der Waals surface area (Å²) in [5, 5.41) is 9.39. The quantitative estimate of drug-likeness (QED) is 0.710. The van der Waals surface area contributed by atoms with Crippen molar-refractivity contribution in [2.75, 3.05) is 5.75 Å². The lowest BCUT2D eigenvalue weighted by atomic mass is 10.2. The molecule has 1 aromatic carbocycles. The number of rotatable bonds is 1. The molecule has 4 heteroatoms. The van der Waals surface area contributed by atoms with Crippen LogP contribution in [-0.2, 0) is 6.54 Å². The second kappa shape index (κ2) is 3.13. The van der Waals surface area contributed by atoms with Crippen LogP contribution in [0.3, 0.4) is 0 Å². The van der Waals surface area contributed by atoms with E-state index in [0.29, 0.717) is 0 Å². The molecule has 0 amide bonds. The van der Waals surface area contributed by atoms with Gasteiger partial charge < -0.3 is 4.57 Å². The van der Waals surface area contributed by atoms with Gasteiger partial charge in [0.05, 0.1) is 0 Å². The Morgan fingerprint density at radius 3 is 2.86 bits per heavy atom. The first-order chi connectivity index (χ1) is 6.95. The first-order valence-electron chi connectivity index (χ1n) is 4.56. The summed E-state index contributed by atoms with van der Waals surface area (Å²) in [7, 11) is 0. The van der Waals surface area contributed by atoms with Crippen molar-refractivity contribution in [1.29, 1.82) is 0 Å². The number of hydrogen-bond acceptors (Lipinski definition) is 3. The molecule has 2 heterocycles. The summed E-state index contributed by atoms with van der Waals surface area (Å²) in [6.07, 6.45) is 0. The summed E-state index contributed by atoms with van der Waals surface area (Å²) in [4.78, 5) is 0. The Kier molecular flexibility index (Phi) is 1.80. The number of fused-ring (bicyclic) bond motifs is 1. The fourth-order valence-corrected chi connectivity index (χ4v) is 2.51. The third-order valence-corrected chi connectivity index (χ3v) is 3.24. The second-order valence-electron chi connectivity index (χ2n) is 3.17. The highest BCUT2D eigenvalue weighted by molar-refractivity contribution is 7.99. The van der Waals surface area contributed by atoms with Gasteiger partial charge >= 0.3 is 0 Å². The van der Waals surface area contributed by atoms with Gasteiger partial charge in [-0.2, -0.15) is 0 Å². The van der Waals surface area contributed by atoms with Gasteiger partial charge in [-0.15, -0.1) is 10.2 Å². The number of benzene rings is 1. The van der Waals surface area contributed by atoms with Crippen molar-refractivity contribution in [2.45, 2.75) is 11.7 Å². The van der Waals surface area contributed by atoms with Crippen molar-refractivity contribution < 1.29 is 0 Å². The van der Waals surface area contributed by atoms with E-state index >= 15 is 0 Å². The van der Waals surface area contributed by atoms with Crippen molar-refractivity contribution in [2.24, 2.45) is 0 Å². The van der Waals surface area contributed by atoms with E-state index in [0.717, 1.165) is 28.8 Å². The van der Waals surface area contributed by atoms with E-state index in [1.807, 2.05) is 18.2 Å². The molecule has 3 rings (SSSR count). The van der Waals surface area contributed by atoms with Gasteiger partial charge in [-0.05, 0) is 0 Å². The molecule has 14 heavy (non-hydrogen) atoms. The first kappa shape index (κ1) is 8.05. The molecule has 0 unspecified atom stereocenters. The average molecular weight is 203 g/mol. The van der Waals surface area contributed by atoms with Gasteiger partial charge in [-0.25, -0.2) is 0 Å². The molecular formula is C10H9N3S. The molecule has 0 bridgehead atoms. The molecule has 1 aromatic heterocycles. The fourth-order valence-electron chi connectivity index (χ4n) is 1.63. The smallest absolute Gasteiger partial charge is 0.191 e. The zero-order chi connectivity index (χ0) is 9.38. The largest absolute Gasteiger partial charge is 0.301 e. The molecule has 0 aliphatic carbocycles. The summed E-state index contributed by atoms with van der Waals surface area (Å²) in [6, 6.07) is 10.2. The van der Waals surface area contributed by atoms with Crippen molar-refractivity contribution in [3.63, 3.8) is 0 Å². The minimum Gasteiger partial charge on any atom is -0.301 e. The Morgan fingerprint density at radius 1 is 1.14 bits per heavy atom. The number of aromatic nitrogens is 3. The summed E-state index contributed by atoms with van der Waals surface area (Å²) in [5.41, 5.74) is 1.15. The third kappa shape index (κ3) is 1.14. The maximum Gasteiger partial charge on any atom is 0.191 e. The predicted octanol–water partition coefficient (Wildman–Crippen LogP) is 2.05. The minimum atomic E-state index is 0.991. The van der Waals surface area contributed by atoms with Crippen molar-refractivity contribution in [3.05, 3.63) is 30.3 Å². The van der Waals surface area contributed by atoms with Crippen LogP contribution in [0.5, 0.6) is 0 Å². The zero-order valence-electron chi connectivity index (χ0n) is 7.55. The van der Waals surface area contributed by atoms with E-state index in [1.54, 1.807) is 11.8 Å². The van der Waals surface area contributed by atoms with Crippen LogP contribution in [0.2, 0.25) is 0 Å². The summed E-state index contributed by atoms with van der Waals surface area (Å²) >= 11 is 1.77. The van der Waals surface area contributed by atoms with Crippen LogP contribution in [0.15, 0.2) is 35.5 Å². The van der Waals surface area contributed by atoms with Gasteiger partial charge in [-0.1, -0.05) is 42.1 Å². The molecule has 3 nitrogen and oxygen atoms in total. The fraction of sp³-hybridized carbons (Fsp3) is 0.200. The Labute approximate surface area is 86.2 Å². The summed E-state index contributed by atoms with van der Waals surface area (Å²) in [5.74, 6) is 2.11. The van der Waals surface area contributed by atoms with Crippen LogP contribution in [0.4, 0.5) is 0 Å². The molecule has 0 saturated heterocycles. The number of thioether (sulfide) groups is 1. The zero-order valence-corrected chi connectivity index (χ0v) is 8.37. The van der Waals surface area contributed by atoms with E-state index in [-0.39, 0.29) is 0 Å². The molecule has 1 aliphatic rings. The molecule has 0 saturated carbocycles. The van der Waals surface area contributed by atoms with E-state index in [4.69, 9.17) is 0 Å². The van der Waals surface area contributed by atoms with E-state index in [2.05, 4.69) is 26.9 Å². The molecule has 2 aromatic rings. The minimum absolute atomic E-state index is 0.991. The summed E-state index contributed by atoms with van der Waals surface area (Å²) < 4.78 is 2.18. The van der Waals surface area contributed by atoms with Crippen molar-refractivity contribution in [3.8, 4) is 11.4 Å². The molecule has 0 N–H and O–H groups in total. The molecule has 70 valence electrons. The lowest BCUT2D eigenvalue weighted by molar-refractivity contribution is 0.726. The molecule has 0 atom stereocenters. The lowest BCUT2D eigenvalue weighted by Crippen LogP contribution is -1.96. The average Bonchev–Trinajstić information content (AvgIpc) is 2.79. The van der Waals surface area contributed by atoms with E-state index < -0.39 is 0 Å². The van der Waals surface area contributed by atoms with Crippen LogP contribution in [-0.4, -0.2) is 20.5 Å². The standard InChI is InChI=1S/C10H9N3S/c1-2-4-8(5-3-1)9-11-12-10-13(9)6-7-14-10/h1-5H,6-7H2. The van der Waals surface area contributed by atoms with Crippen molar-refractivity contribution >= 4 is 11.8 Å². The van der Waals surface area contributed by atoms with Crippen LogP contribution in [0.1, 0.15) is 0 Å². The topological polar surface area (TPSA) is 30.7 Å². The highest BCUT2D eigenvalue weighted by Gasteiger charge is 2.18. The molecule has 1 aliphatic heterocycles. The molecule has 0 spiro atoms. The first-order valence-corrected chi connectivity index (χ1v) is 5.55. The van der Waals surface area contributed by atoms with Crippen LogP contribution >= 0.6 is 11.8 Å². The van der Waals surface area contributed by atoms with Gasteiger partial charge in [-0.3, -0.25) is 0 Å². The highest BCUT2D eigenvalue weighted by atomic mass is 32.2. The monoisotopic (exact) mass is 203 g/mol. The van der Waals surface area contributed by atoms with Crippen LogP contribution in [0.25, 0.3) is 11.4 Å². The summed E-state index contributed by atoms with van der Waals surface area (Å²) in [6.45, 7) is 1.03. The van der Waals surface area contributed by atoms with Gasteiger partial charge in [0.2, 0.25) is 0 Å². The third-order valence-electron chi connectivity index (χ3n) is 2.29. The lowest BCUT2D eigenvalue weighted by Gasteiger charge is -2.00. The Bertz CT molecular complexity index is 450. The maximum atomic E-state index is 4.20. The Balaban J connectivity index is 2.13. The second-order valence-corrected chi connectivity index (χ2v) is 4.23.